The molecule has 9 heteroatoms. The zero-order valence-electron chi connectivity index (χ0n) is 15.4. The monoisotopic (exact) mass is 405 g/mol. The van der Waals surface area contributed by atoms with E-state index < -0.39 is 16.1 Å². The highest BCUT2D eigenvalue weighted by molar-refractivity contribution is 7.89. The number of hydrogen-bond acceptors (Lipinski definition) is 4. The van der Waals surface area contributed by atoms with Gasteiger partial charge in [0, 0.05) is 24.8 Å². The van der Waals surface area contributed by atoms with Crippen molar-refractivity contribution in [1.82, 2.24) is 4.72 Å². The van der Waals surface area contributed by atoms with Crippen molar-refractivity contribution in [1.29, 1.82) is 0 Å². The fourth-order valence-electron chi connectivity index (χ4n) is 3.02. The number of rotatable bonds is 5. The lowest BCUT2D eigenvalue weighted by molar-refractivity contribution is -0.118. The van der Waals surface area contributed by atoms with Gasteiger partial charge in [-0.05, 0) is 61.4 Å². The topological polar surface area (TPSA) is 95.6 Å². The van der Waals surface area contributed by atoms with Gasteiger partial charge in [-0.1, -0.05) is 0 Å². The number of halogens is 1. The van der Waals surface area contributed by atoms with Crippen LogP contribution in [-0.2, 0) is 19.6 Å². The first-order chi connectivity index (χ1) is 13.2. The Hall–Kier alpha value is -2.78. The van der Waals surface area contributed by atoms with Gasteiger partial charge in [-0.25, -0.2) is 12.8 Å². The van der Waals surface area contributed by atoms with Gasteiger partial charge in [0.1, 0.15) is 11.9 Å². The third-order valence-electron chi connectivity index (χ3n) is 4.44. The normalized spacial score (nSPS) is 17.0. The summed E-state index contributed by atoms with van der Waals surface area (Å²) in [4.78, 5) is 25.1. The average Bonchev–Trinajstić information content (AvgIpc) is 2.97. The Balaban J connectivity index is 1.73. The van der Waals surface area contributed by atoms with Crippen LogP contribution >= 0.6 is 0 Å². The van der Waals surface area contributed by atoms with Gasteiger partial charge in [-0.15, -0.1) is 0 Å². The van der Waals surface area contributed by atoms with E-state index in [1.165, 1.54) is 48.2 Å². The minimum absolute atomic E-state index is 0.00882. The van der Waals surface area contributed by atoms with Crippen molar-refractivity contribution in [3.8, 4) is 0 Å². The number of aryl methyl sites for hydroxylation is 1. The molecule has 0 aromatic heterocycles. The van der Waals surface area contributed by atoms with E-state index in [-0.39, 0.29) is 22.5 Å². The summed E-state index contributed by atoms with van der Waals surface area (Å²) in [5.74, 6) is -1.01. The van der Waals surface area contributed by atoms with Gasteiger partial charge in [0.25, 0.3) is 0 Å². The van der Waals surface area contributed by atoms with Crippen molar-refractivity contribution >= 4 is 33.2 Å². The van der Waals surface area contributed by atoms with Crippen LogP contribution in [0.25, 0.3) is 0 Å². The first-order valence-electron chi connectivity index (χ1n) is 8.65. The lowest BCUT2D eigenvalue weighted by Crippen LogP contribution is -2.41. The third kappa shape index (κ3) is 4.20. The molecule has 1 aliphatic heterocycles. The highest BCUT2D eigenvalue weighted by atomic mass is 32.2. The molecule has 28 heavy (non-hydrogen) atoms. The molecule has 3 rings (SSSR count). The van der Waals surface area contributed by atoms with E-state index in [2.05, 4.69) is 10.0 Å². The van der Waals surface area contributed by atoms with Crippen molar-refractivity contribution in [3.63, 3.8) is 0 Å². The molecule has 148 valence electrons. The third-order valence-corrected chi connectivity index (χ3v) is 5.93. The van der Waals surface area contributed by atoms with E-state index in [1.54, 1.807) is 13.0 Å². The highest BCUT2D eigenvalue weighted by Crippen LogP contribution is 2.25. The Labute approximate surface area is 162 Å². The zero-order chi connectivity index (χ0) is 20.5. The number of anilines is 2. The van der Waals surface area contributed by atoms with Crippen LogP contribution in [0.3, 0.4) is 0 Å². The van der Waals surface area contributed by atoms with Crippen molar-refractivity contribution in [2.75, 3.05) is 16.8 Å². The molecule has 7 nitrogen and oxygen atoms in total. The number of nitrogens with zero attached hydrogens (tertiary/aromatic N) is 1. The fraction of sp³-hybridized carbons (Fsp3) is 0.263. The van der Waals surface area contributed by atoms with Crippen LogP contribution in [0.2, 0.25) is 0 Å². The smallest absolute Gasteiger partial charge is 0.245 e. The molecular weight excluding hydrogens is 385 g/mol. The molecule has 2 amide bonds. The average molecular weight is 405 g/mol. The molecule has 0 bridgehead atoms. The molecule has 0 unspecified atom stereocenters. The predicted molar refractivity (Wildman–Crippen MR) is 103 cm³/mol. The Morgan fingerprint density at radius 2 is 1.86 bits per heavy atom. The Morgan fingerprint density at radius 3 is 2.46 bits per heavy atom. The number of hydrogen-bond donors (Lipinski definition) is 2. The predicted octanol–water partition coefficient (Wildman–Crippen LogP) is 2.18. The Kier molecular flexibility index (Phi) is 5.48. The van der Waals surface area contributed by atoms with Crippen molar-refractivity contribution in [3.05, 3.63) is 53.8 Å². The van der Waals surface area contributed by atoms with E-state index in [4.69, 9.17) is 0 Å². The van der Waals surface area contributed by atoms with Gasteiger partial charge in [-0.2, -0.15) is 4.72 Å². The van der Waals surface area contributed by atoms with Gasteiger partial charge in [0.05, 0.1) is 4.90 Å². The van der Waals surface area contributed by atoms with Crippen LogP contribution in [0.5, 0.6) is 0 Å². The molecule has 1 saturated heterocycles. The minimum Gasteiger partial charge on any atom is -0.326 e. The SMILES string of the molecule is CC(=O)Nc1ccc(S(=O)(=O)N[C@@H]2CCN(c3ccc(F)c(C)c3)C2=O)cc1. The molecular formula is C19H20FN3O4S. The molecule has 1 atom stereocenters. The fourth-order valence-corrected chi connectivity index (χ4v) is 4.24. The zero-order valence-corrected chi connectivity index (χ0v) is 16.2. The molecule has 0 aliphatic carbocycles. The maximum absolute atomic E-state index is 13.4. The minimum atomic E-state index is -3.91. The molecule has 2 aromatic carbocycles. The summed E-state index contributed by atoms with van der Waals surface area (Å²) >= 11 is 0. The summed E-state index contributed by atoms with van der Waals surface area (Å²) in [7, 11) is -3.91. The maximum atomic E-state index is 13.4. The lowest BCUT2D eigenvalue weighted by atomic mass is 10.2. The van der Waals surface area contributed by atoms with Gasteiger partial charge >= 0.3 is 0 Å². The van der Waals surface area contributed by atoms with E-state index in [1.807, 2.05) is 0 Å². The molecule has 0 saturated carbocycles. The van der Waals surface area contributed by atoms with Crippen LogP contribution in [-0.4, -0.2) is 32.8 Å². The summed E-state index contributed by atoms with van der Waals surface area (Å²) in [6.07, 6.45) is 0.304. The first-order valence-corrected chi connectivity index (χ1v) is 10.1. The number of carbonyl (C=O) groups excluding carboxylic acids is 2. The number of benzene rings is 2. The van der Waals surface area contributed by atoms with Gasteiger partial charge in [-0.3, -0.25) is 9.59 Å². The van der Waals surface area contributed by atoms with E-state index >= 15 is 0 Å². The van der Waals surface area contributed by atoms with E-state index in [0.29, 0.717) is 29.9 Å². The Bertz CT molecular complexity index is 1020. The van der Waals surface area contributed by atoms with Gasteiger partial charge in [0.2, 0.25) is 21.8 Å². The second-order valence-electron chi connectivity index (χ2n) is 6.59. The van der Waals surface area contributed by atoms with Crippen LogP contribution < -0.4 is 14.9 Å². The van der Waals surface area contributed by atoms with E-state index in [0.717, 1.165) is 0 Å². The summed E-state index contributed by atoms with van der Waals surface area (Å²) in [5, 5.41) is 2.55. The second-order valence-corrected chi connectivity index (χ2v) is 8.31. The van der Waals surface area contributed by atoms with Crippen LogP contribution in [0, 0.1) is 12.7 Å². The molecule has 1 heterocycles. The number of amides is 2. The lowest BCUT2D eigenvalue weighted by Gasteiger charge is -2.18. The summed E-state index contributed by atoms with van der Waals surface area (Å²) in [6, 6.07) is 9.10. The van der Waals surface area contributed by atoms with Gasteiger partial charge < -0.3 is 10.2 Å². The van der Waals surface area contributed by atoms with Crippen LogP contribution in [0.15, 0.2) is 47.4 Å². The standard InChI is InChI=1S/C19H20FN3O4S/c1-12-11-15(5-8-17(12)20)23-10-9-18(19(23)25)22-28(26,27)16-6-3-14(4-7-16)21-13(2)24/h3-8,11,18,22H,9-10H2,1-2H3,(H,21,24)/t18-/m1/s1. The van der Waals surface area contributed by atoms with Crippen LogP contribution in [0.4, 0.5) is 15.8 Å². The molecule has 1 aliphatic rings. The molecule has 0 radical (unpaired) electrons. The molecule has 0 spiro atoms. The number of carbonyl (C=O) groups is 2. The number of sulfonamides is 1. The highest BCUT2D eigenvalue weighted by Gasteiger charge is 2.35. The van der Waals surface area contributed by atoms with E-state index in [9.17, 15) is 22.4 Å². The largest absolute Gasteiger partial charge is 0.326 e. The van der Waals surface area contributed by atoms with Gasteiger partial charge in [0.15, 0.2) is 0 Å². The summed E-state index contributed by atoms with van der Waals surface area (Å²) in [5.41, 5.74) is 1.42. The summed E-state index contributed by atoms with van der Waals surface area (Å²) in [6.45, 7) is 3.29. The molecule has 1 fully saturated rings. The van der Waals surface area contributed by atoms with Crippen molar-refractivity contribution in [2.24, 2.45) is 0 Å². The quantitative estimate of drug-likeness (QED) is 0.797. The molecule has 2 N–H and O–H groups in total. The maximum Gasteiger partial charge on any atom is 0.245 e. The summed E-state index contributed by atoms with van der Waals surface area (Å²) < 4.78 is 41.1. The number of nitrogens with one attached hydrogen (secondary N) is 2. The second kappa shape index (κ2) is 7.69. The van der Waals surface area contributed by atoms with Crippen LogP contribution in [0.1, 0.15) is 18.9 Å². The van der Waals surface area contributed by atoms with Crippen molar-refractivity contribution in [2.45, 2.75) is 31.2 Å². The Morgan fingerprint density at radius 1 is 1.18 bits per heavy atom. The van der Waals surface area contributed by atoms with Crippen molar-refractivity contribution < 1.29 is 22.4 Å². The molecule has 2 aromatic rings. The first kappa shape index (κ1) is 20.0.